The highest BCUT2D eigenvalue weighted by atomic mass is 16.5. The maximum atomic E-state index is 12.5. The smallest absolute Gasteiger partial charge is 0.251 e. The Balaban J connectivity index is 1.59. The van der Waals surface area contributed by atoms with Crippen LogP contribution in [0.2, 0.25) is 0 Å². The van der Waals surface area contributed by atoms with Crippen LogP contribution >= 0.6 is 0 Å². The number of nitrogens with one attached hydrogen (secondary N) is 2. The number of phenols is 1. The number of hydrogen-bond donors (Lipinski definition) is 3. The van der Waals surface area contributed by atoms with E-state index in [1.165, 1.54) is 0 Å². The summed E-state index contributed by atoms with van der Waals surface area (Å²) in [7, 11) is 1.66. The number of ether oxygens (including phenoxy) is 1. The molecule has 2 aromatic rings. The zero-order valence-electron chi connectivity index (χ0n) is 16.0. The van der Waals surface area contributed by atoms with Gasteiger partial charge in [0.2, 0.25) is 0 Å². The van der Waals surface area contributed by atoms with Crippen LogP contribution in [-0.4, -0.2) is 31.3 Å². The lowest BCUT2D eigenvalue weighted by molar-refractivity contribution is 0.0948. The SMILES string of the molecule is COCCCNC(=O)c1ccc2c(c1)C1C=CCC1C(c1ccccc1O)N2. The van der Waals surface area contributed by atoms with E-state index in [-0.39, 0.29) is 17.9 Å². The third kappa shape index (κ3) is 3.50. The molecular formula is C23H26N2O3. The Labute approximate surface area is 165 Å². The van der Waals surface area contributed by atoms with Gasteiger partial charge in [-0.25, -0.2) is 0 Å². The second-order valence-electron chi connectivity index (χ2n) is 7.44. The zero-order chi connectivity index (χ0) is 19.5. The molecule has 1 heterocycles. The van der Waals surface area contributed by atoms with Crippen LogP contribution in [0.3, 0.4) is 0 Å². The summed E-state index contributed by atoms with van der Waals surface area (Å²) in [6, 6.07) is 13.4. The normalized spacial score (nSPS) is 22.2. The average Bonchev–Trinajstić information content (AvgIpc) is 3.21. The molecule has 0 radical (unpaired) electrons. The summed E-state index contributed by atoms with van der Waals surface area (Å²) < 4.78 is 5.02. The summed E-state index contributed by atoms with van der Waals surface area (Å²) in [5.74, 6) is 0.823. The molecule has 2 aliphatic rings. The van der Waals surface area contributed by atoms with Gasteiger partial charge in [-0.3, -0.25) is 4.79 Å². The number of benzene rings is 2. The van der Waals surface area contributed by atoms with Gasteiger partial charge < -0.3 is 20.5 Å². The zero-order valence-corrected chi connectivity index (χ0v) is 16.0. The highest BCUT2D eigenvalue weighted by Crippen LogP contribution is 2.51. The van der Waals surface area contributed by atoms with Crippen molar-refractivity contribution in [3.8, 4) is 5.75 Å². The number of fused-ring (bicyclic) bond motifs is 3. The van der Waals surface area contributed by atoms with Crippen LogP contribution < -0.4 is 10.6 Å². The highest BCUT2D eigenvalue weighted by Gasteiger charge is 2.39. The van der Waals surface area contributed by atoms with E-state index < -0.39 is 0 Å². The molecule has 1 amide bonds. The summed E-state index contributed by atoms with van der Waals surface area (Å²) >= 11 is 0. The topological polar surface area (TPSA) is 70.6 Å². The van der Waals surface area contributed by atoms with E-state index in [4.69, 9.17) is 4.74 Å². The van der Waals surface area contributed by atoms with Crippen LogP contribution in [0.15, 0.2) is 54.6 Å². The van der Waals surface area contributed by atoms with Gasteiger partial charge in [0.25, 0.3) is 5.91 Å². The molecule has 4 rings (SSSR count). The van der Waals surface area contributed by atoms with E-state index in [1.54, 1.807) is 13.2 Å². The molecule has 3 atom stereocenters. The largest absolute Gasteiger partial charge is 0.508 e. The molecule has 3 N–H and O–H groups in total. The number of allylic oxidation sites excluding steroid dienone is 2. The molecule has 5 nitrogen and oxygen atoms in total. The number of para-hydroxylation sites is 1. The summed E-state index contributed by atoms with van der Waals surface area (Å²) in [6.45, 7) is 1.24. The molecule has 0 bridgehead atoms. The number of anilines is 1. The number of rotatable bonds is 6. The fourth-order valence-electron chi connectivity index (χ4n) is 4.31. The summed E-state index contributed by atoms with van der Waals surface area (Å²) in [5.41, 5.74) is 3.77. The third-order valence-corrected chi connectivity index (χ3v) is 5.71. The molecule has 28 heavy (non-hydrogen) atoms. The van der Waals surface area contributed by atoms with Gasteiger partial charge in [-0.1, -0.05) is 30.4 Å². The van der Waals surface area contributed by atoms with Crippen molar-refractivity contribution in [1.29, 1.82) is 0 Å². The second-order valence-corrected chi connectivity index (χ2v) is 7.44. The van der Waals surface area contributed by atoms with Gasteiger partial charge in [-0.2, -0.15) is 0 Å². The number of hydrogen-bond acceptors (Lipinski definition) is 4. The van der Waals surface area contributed by atoms with Crippen molar-refractivity contribution in [2.24, 2.45) is 5.92 Å². The average molecular weight is 378 g/mol. The Kier molecular flexibility index (Phi) is 5.35. The van der Waals surface area contributed by atoms with Crippen LogP contribution in [0, 0.1) is 5.92 Å². The van der Waals surface area contributed by atoms with Gasteiger partial charge >= 0.3 is 0 Å². The van der Waals surface area contributed by atoms with Gasteiger partial charge in [0.15, 0.2) is 0 Å². The van der Waals surface area contributed by atoms with Gasteiger partial charge in [0.1, 0.15) is 5.75 Å². The molecule has 146 valence electrons. The first-order valence-electron chi connectivity index (χ1n) is 9.81. The Hall–Kier alpha value is -2.79. The van der Waals surface area contributed by atoms with Crippen molar-refractivity contribution in [2.45, 2.75) is 24.8 Å². The number of aromatic hydroxyl groups is 1. The number of amides is 1. The molecule has 1 aliphatic carbocycles. The van der Waals surface area contributed by atoms with Crippen molar-refractivity contribution in [3.63, 3.8) is 0 Å². The monoisotopic (exact) mass is 378 g/mol. The van der Waals surface area contributed by atoms with Gasteiger partial charge in [0, 0.05) is 43.0 Å². The molecule has 0 spiro atoms. The van der Waals surface area contributed by atoms with Crippen molar-refractivity contribution in [2.75, 3.05) is 25.6 Å². The predicted molar refractivity (Wildman–Crippen MR) is 110 cm³/mol. The van der Waals surface area contributed by atoms with Crippen LogP contribution in [0.1, 0.15) is 46.3 Å². The minimum absolute atomic E-state index is 0.0439. The van der Waals surface area contributed by atoms with Crippen molar-refractivity contribution >= 4 is 11.6 Å². The van der Waals surface area contributed by atoms with Crippen LogP contribution in [-0.2, 0) is 4.74 Å². The van der Waals surface area contributed by atoms with Crippen LogP contribution in [0.4, 0.5) is 5.69 Å². The van der Waals surface area contributed by atoms with E-state index in [2.05, 4.69) is 22.8 Å². The van der Waals surface area contributed by atoms with Crippen LogP contribution in [0.25, 0.3) is 0 Å². The second kappa shape index (κ2) is 8.07. The first-order valence-corrected chi connectivity index (χ1v) is 9.81. The molecule has 0 fully saturated rings. The van der Waals surface area contributed by atoms with E-state index in [0.29, 0.717) is 30.4 Å². The minimum Gasteiger partial charge on any atom is -0.508 e. The van der Waals surface area contributed by atoms with Crippen molar-refractivity contribution in [1.82, 2.24) is 5.32 Å². The Morgan fingerprint density at radius 3 is 2.93 bits per heavy atom. The summed E-state index contributed by atoms with van der Waals surface area (Å²) in [6.07, 6.45) is 6.18. The van der Waals surface area contributed by atoms with E-state index in [9.17, 15) is 9.90 Å². The molecule has 3 unspecified atom stereocenters. The van der Waals surface area contributed by atoms with Crippen molar-refractivity contribution < 1.29 is 14.6 Å². The van der Waals surface area contributed by atoms with E-state index in [0.717, 1.165) is 29.7 Å². The lowest BCUT2D eigenvalue weighted by Crippen LogP contribution is -2.30. The van der Waals surface area contributed by atoms with Crippen molar-refractivity contribution in [3.05, 3.63) is 71.3 Å². The first kappa shape index (κ1) is 18.6. The number of phenolic OH excluding ortho intramolecular Hbond substituents is 1. The third-order valence-electron chi connectivity index (χ3n) is 5.71. The van der Waals surface area contributed by atoms with Gasteiger partial charge in [-0.15, -0.1) is 0 Å². The molecule has 5 heteroatoms. The van der Waals surface area contributed by atoms with E-state index in [1.807, 2.05) is 36.4 Å². The predicted octanol–water partition coefficient (Wildman–Crippen LogP) is 3.99. The molecule has 0 saturated carbocycles. The first-order chi connectivity index (χ1) is 13.7. The Bertz CT molecular complexity index is 893. The molecule has 1 aliphatic heterocycles. The summed E-state index contributed by atoms with van der Waals surface area (Å²) in [5, 5.41) is 16.9. The van der Waals surface area contributed by atoms with Gasteiger partial charge in [-0.05, 0) is 48.6 Å². The lowest BCUT2D eigenvalue weighted by Gasteiger charge is -2.37. The fourth-order valence-corrected chi connectivity index (χ4v) is 4.31. The molecule has 0 saturated heterocycles. The maximum Gasteiger partial charge on any atom is 0.251 e. The summed E-state index contributed by atoms with van der Waals surface area (Å²) in [4.78, 5) is 12.5. The quantitative estimate of drug-likeness (QED) is 0.525. The molecule has 0 aromatic heterocycles. The molecule has 2 aromatic carbocycles. The fraction of sp³-hybridized carbons (Fsp3) is 0.348. The Morgan fingerprint density at radius 1 is 1.25 bits per heavy atom. The number of methoxy groups -OCH3 is 1. The minimum atomic E-state index is -0.0553. The Morgan fingerprint density at radius 2 is 2.11 bits per heavy atom. The standard InChI is InChI=1S/C23H26N2O3/c1-28-13-5-12-24-23(27)15-10-11-20-19(14-15)16-7-4-8-17(16)22(25-20)18-6-2-3-9-21(18)26/h2-4,6-7,9-11,14,16-17,22,25-26H,5,8,12-13H2,1H3,(H,24,27). The highest BCUT2D eigenvalue weighted by molar-refractivity contribution is 5.95. The van der Waals surface area contributed by atoms with Gasteiger partial charge in [0.05, 0.1) is 6.04 Å². The lowest BCUT2D eigenvalue weighted by atomic mass is 9.76. The van der Waals surface area contributed by atoms with Crippen LogP contribution in [0.5, 0.6) is 5.75 Å². The maximum absolute atomic E-state index is 12.5. The number of carbonyl (C=O) groups is 1. The van der Waals surface area contributed by atoms with E-state index >= 15 is 0 Å². The number of carbonyl (C=O) groups excluding carboxylic acids is 1. The molecular weight excluding hydrogens is 352 g/mol.